The molecule has 0 atom stereocenters. The molecule has 1 aromatic carbocycles. The molecule has 2 nitrogen and oxygen atoms in total. The topological polar surface area (TPSA) is 39.6 Å². The SMILES string of the molecule is N#Cc1cc(-c2cccc(Cl)c2Cl)c[nH]1. The van der Waals surface area contributed by atoms with Crippen molar-refractivity contribution in [3.63, 3.8) is 0 Å². The van der Waals surface area contributed by atoms with Crippen LogP contribution in [0.3, 0.4) is 0 Å². The first-order chi connectivity index (χ1) is 7.22. The highest BCUT2D eigenvalue weighted by atomic mass is 35.5. The number of H-pyrrole nitrogens is 1. The first-order valence-electron chi connectivity index (χ1n) is 4.25. The lowest BCUT2D eigenvalue weighted by atomic mass is 10.1. The summed E-state index contributed by atoms with van der Waals surface area (Å²) in [5.41, 5.74) is 2.18. The molecule has 4 heteroatoms. The van der Waals surface area contributed by atoms with Gasteiger partial charge in [-0.15, -0.1) is 0 Å². The highest BCUT2D eigenvalue weighted by Crippen LogP contribution is 2.33. The monoisotopic (exact) mass is 236 g/mol. The predicted octanol–water partition coefficient (Wildman–Crippen LogP) is 3.86. The number of hydrogen-bond donors (Lipinski definition) is 1. The maximum absolute atomic E-state index is 8.68. The number of nitrogens with one attached hydrogen (secondary N) is 1. The van der Waals surface area contributed by atoms with E-state index in [9.17, 15) is 0 Å². The Hall–Kier alpha value is -1.43. The van der Waals surface area contributed by atoms with Gasteiger partial charge in [-0.3, -0.25) is 0 Å². The maximum Gasteiger partial charge on any atom is 0.118 e. The Morgan fingerprint density at radius 3 is 2.73 bits per heavy atom. The molecule has 1 aromatic heterocycles. The van der Waals surface area contributed by atoms with Crippen molar-refractivity contribution in [3.8, 4) is 17.2 Å². The second kappa shape index (κ2) is 3.98. The fourth-order valence-electron chi connectivity index (χ4n) is 1.34. The first-order valence-corrected chi connectivity index (χ1v) is 5.01. The molecule has 0 radical (unpaired) electrons. The number of aromatic nitrogens is 1. The van der Waals surface area contributed by atoms with Crippen LogP contribution in [0.15, 0.2) is 30.5 Å². The van der Waals surface area contributed by atoms with Gasteiger partial charge in [0, 0.05) is 17.3 Å². The van der Waals surface area contributed by atoms with Crippen molar-refractivity contribution < 1.29 is 0 Å². The first kappa shape index (κ1) is 10.1. The van der Waals surface area contributed by atoms with Gasteiger partial charge in [0.1, 0.15) is 11.8 Å². The molecule has 0 aliphatic heterocycles. The molecule has 15 heavy (non-hydrogen) atoms. The van der Waals surface area contributed by atoms with Crippen LogP contribution in [0.25, 0.3) is 11.1 Å². The highest BCUT2D eigenvalue weighted by molar-refractivity contribution is 6.43. The van der Waals surface area contributed by atoms with E-state index in [1.54, 1.807) is 18.3 Å². The van der Waals surface area contributed by atoms with Gasteiger partial charge in [-0.05, 0) is 12.1 Å². The van der Waals surface area contributed by atoms with E-state index >= 15 is 0 Å². The molecular formula is C11H6Cl2N2. The van der Waals surface area contributed by atoms with E-state index in [-0.39, 0.29) is 0 Å². The van der Waals surface area contributed by atoms with Gasteiger partial charge in [-0.1, -0.05) is 35.3 Å². The van der Waals surface area contributed by atoms with Crippen molar-refractivity contribution in [2.24, 2.45) is 0 Å². The molecular weight excluding hydrogens is 231 g/mol. The number of nitriles is 1. The van der Waals surface area contributed by atoms with Gasteiger partial charge in [-0.25, -0.2) is 0 Å². The Morgan fingerprint density at radius 1 is 1.27 bits per heavy atom. The molecule has 0 bridgehead atoms. The number of aromatic amines is 1. The summed E-state index contributed by atoms with van der Waals surface area (Å²) >= 11 is 11.9. The predicted molar refractivity (Wildman–Crippen MR) is 61.0 cm³/mol. The van der Waals surface area contributed by atoms with Crippen molar-refractivity contribution in [1.29, 1.82) is 5.26 Å². The summed E-state index contributed by atoms with van der Waals surface area (Å²) in [7, 11) is 0. The third kappa shape index (κ3) is 1.85. The summed E-state index contributed by atoms with van der Waals surface area (Å²) in [6, 6.07) is 9.16. The van der Waals surface area contributed by atoms with E-state index in [4.69, 9.17) is 28.5 Å². The molecule has 74 valence electrons. The maximum atomic E-state index is 8.68. The summed E-state index contributed by atoms with van der Waals surface area (Å²) in [5, 5.41) is 9.69. The van der Waals surface area contributed by atoms with E-state index in [0.29, 0.717) is 15.7 Å². The van der Waals surface area contributed by atoms with E-state index in [0.717, 1.165) is 11.1 Å². The van der Waals surface area contributed by atoms with Gasteiger partial charge >= 0.3 is 0 Å². The molecule has 2 aromatic rings. The zero-order valence-corrected chi connectivity index (χ0v) is 9.10. The second-order valence-corrected chi connectivity index (χ2v) is 3.80. The summed E-state index contributed by atoms with van der Waals surface area (Å²) in [6.45, 7) is 0. The van der Waals surface area contributed by atoms with Crippen LogP contribution < -0.4 is 0 Å². The third-order valence-corrected chi connectivity index (χ3v) is 2.88. The van der Waals surface area contributed by atoms with Crippen LogP contribution >= 0.6 is 23.2 Å². The van der Waals surface area contributed by atoms with Gasteiger partial charge in [-0.2, -0.15) is 5.26 Å². The van der Waals surface area contributed by atoms with Crippen LogP contribution in [0, 0.1) is 11.3 Å². The fourth-order valence-corrected chi connectivity index (χ4v) is 1.75. The van der Waals surface area contributed by atoms with Crippen molar-refractivity contribution >= 4 is 23.2 Å². The smallest absolute Gasteiger partial charge is 0.118 e. The lowest BCUT2D eigenvalue weighted by Gasteiger charge is -2.02. The Morgan fingerprint density at radius 2 is 2.07 bits per heavy atom. The summed E-state index contributed by atoms with van der Waals surface area (Å²) in [4.78, 5) is 2.84. The van der Waals surface area contributed by atoms with Crippen molar-refractivity contribution in [3.05, 3.63) is 46.2 Å². The van der Waals surface area contributed by atoms with Gasteiger partial charge in [0.2, 0.25) is 0 Å². The zero-order valence-electron chi connectivity index (χ0n) is 7.59. The molecule has 1 N–H and O–H groups in total. The average molecular weight is 237 g/mol. The minimum atomic E-state index is 0.501. The molecule has 0 spiro atoms. The van der Waals surface area contributed by atoms with Crippen LogP contribution in [-0.4, -0.2) is 4.98 Å². The highest BCUT2D eigenvalue weighted by Gasteiger charge is 2.08. The molecule has 0 unspecified atom stereocenters. The van der Waals surface area contributed by atoms with Crippen LogP contribution in [0.5, 0.6) is 0 Å². The average Bonchev–Trinajstić information content (AvgIpc) is 2.70. The molecule has 0 saturated carbocycles. The molecule has 0 aliphatic carbocycles. The standard InChI is InChI=1S/C11H6Cl2N2/c12-10-3-1-2-9(11(10)13)7-4-8(5-14)15-6-7/h1-4,6,15H. The molecule has 1 heterocycles. The minimum absolute atomic E-state index is 0.501. The molecule has 2 rings (SSSR count). The fraction of sp³-hybridized carbons (Fsp3) is 0. The van der Waals surface area contributed by atoms with Gasteiger partial charge in [0.25, 0.3) is 0 Å². The number of benzene rings is 1. The Balaban J connectivity index is 2.55. The van der Waals surface area contributed by atoms with Gasteiger partial charge < -0.3 is 4.98 Å². The largest absolute Gasteiger partial charge is 0.352 e. The number of rotatable bonds is 1. The lowest BCUT2D eigenvalue weighted by Crippen LogP contribution is -1.77. The summed E-state index contributed by atoms with van der Waals surface area (Å²) in [5.74, 6) is 0. The van der Waals surface area contributed by atoms with Crippen molar-refractivity contribution in [2.75, 3.05) is 0 Å². The molecule has 0 amide bonds. The van der Waals surface area contributed by atoms with Crippen LogP contribution in [0.4, 0.5) is 0 Å². The van der Waals surface area contributed by atoms with Crippen molar-refractivity contribution in [2.45, 2.75) is 0 Å². The Bertz CT molecular complexity index is 538. The van der Waals surface area contributed by atoms with Gasteiger partial charge in [0.05, 0.1) is 10.0 Å². The van der Waals surface area contributed by atoms with Gasteiger partial charge in [0.15, 0.2) is 0 Å². The number of hydrogen-bond acceptors (Lipinski definition) is 1. The molecule has 0 saturated heterocycles. The second-order valence-electron chi connectivity index (χ2n) is 3.02. The molecule has 0 fully saturated rings. The minimum Gasteiger partial charge on any atom is -0.352 e. The van der Waals surface area contributed by atoms with Crippen LogP contribution in [-0.2, 0) is 0 Å². The number of nitrogens with zero attached hydrogens (tertiary/aromatic N) is 1. The summed E-state index contributed by atoms with van der Waals surface area (Å²) < 4.78 is 0. The van der Waals surface area contributed by atoms with Crippen molar-refractivity contribution in [1.82, 2.24) is 4.98 Å². The normalized spacial score (nSPS) is 9.93. The van der Waals surface area contributed by atoms with E-state index in [2.05, 4.69) is 4.98 Å². The third-order valence-electron chi connectivity index (χ3n) is 2.07. The Kier molecular flexibility index (Phi) is 2.68. The lowest BCUT2D eigenvalue weighted by molar-refractivity contribution is 1.33. The molecule has 0 aliphatic rings. The number of halogens is 2. The van der Waals surface area contributed by atoms with Crippen LogP contribution in [0.2, 0.25) is 10.0 Å². The van der Waals surface area contributed by atoms with E-state index < -0.39 is 0 Å². The van der Waals surface area contributed by atoms with Crippen LogP contribution in [0.1, 0.15) is 5.69 Å². The zero-order chi connectivity index (χ0) is 10.8. The summed E-state index contributed by atoms with van der Waals surface area (Å²) in [6.07, 6.45) is 1.73. The Labute approximate surface area is 97.1 Å². The quantitative estimate of drug-likeness (QED) is 0.803. The van der Waals surface area contributed by atoms with E-state index in [1.165, 1.54) is 0 Å². The van der Waals surface area contributed by atoms with E-state index in [1.807, 2.05) is 18.2 Å².